The number of aliphatic hydroxyl groups excluding tert-OH is 1. The fraction of sp³-hybridized carbons (Fsp3) is 0.750. The molecule has 0 amide bonds. The molecule has 0 spiro atoms. The molecule has 0 radical (unpaired) electrons. The second-order valence-electron chi connectivity index (χ2n) is 5.58. The normalized spacial score (nSPS) is 11.0. The Morgan fingerprint density at radius 3 is 2.48 bits per heavy atom. The molecular formula is C16H30N4O. The summed E-state index contributed by atoms with van der Waals surface area (Å²) in [6.45, 7) is 12.5. The van der Waals surface area contributed by atoms with Crippen LogP contribution >= 0.6 is 0 Å². The number of aromatic nitrogens is 2. The number of nitrogens with one attached hydrogen (secondary N) is 1. The van der Waals surface area contributed by atoms with E-state index in [0.717, 1.165) is 55.4 Å². The lowest BCUT2D eigenvalue weighted by atomic mass is 10.2. The monoisotopic (exact) mass is 294 g/mol. The SMILES string of the molecule is CCCc1nc(NCC)c(C)c(N(CCCO)C(C)C)n1. The summed E-state index contributed by atoms with van der Waals surface area (Å²) in [6.07, 6.45) is 2.67. The van der Waals surface area contributed by atoms with Crippen molar-refractivity contribution >= 4 is 11.6 Å². The Labute approximate surface area is 128 Å². The topological polar surface area (TPSA) is 61.3 Å². The minimum absolute atomic E-state index is 0.204. The minimum Gasteiger partial charge on any atom is -0.396 e. The fourth-order valence-electron chi connectivity index (χ4n) is 2.35. The molecular weight excluding hydrogens is 264 g/mol. The van der Waals surface area contributed by atoms with Crippen LogP contribution < -0.4 is 10.2 Å². The first-order valence-corrected chi connectivity index (χ1v) is 8.03. The van der Waals surface area contributed by atoms with E-state index >= 15 is 0 Å². The smallest absolute Gasteiger partial charge is 0.137 e. The van der Waals surface area contributed by atoms with Crippen molar-refractivity contribution in [3.63, 3.8) is 0 Å². The van der Waals surface area contributed by atoms with Gasteiger partial charge in [0, 0.05) is 37.7 Å². The summed E-state index contributed by atoms with van der Waals surface area (Å²) in [6, 6.07) is 0.342. The first kappa shape index (κ1) is 17.7. The molecule has 120 valence electrons. The maximum Gasteiger partial charge on any atom is 0.137 e. The highest BCUT2D eigenvalue weighted by Gasteiger charge is 2.18. The van der Waals surface area contributed by atoms with Crippen molar-refractivity contribution < 1.29 is 5.11 Å². The Balaban J connectivity index is 3.21. The van der Waals surface area contributed by atoms with Gasteiger partial charge in [0.2, 0.25) is 0 Å². The van der Waals surface area contributed by atoms with Crippen LogP contribution in [0, 0.1) is 6.92 Å². The zero-order valence-electron chi connectivity index (χ0n) is 14.1. The van der Waals surface area contributed by atoms with Gasteiger partial charge in [-0.3, -0.25) is 0 Å². The van der Waals surface area contributed by atoms with Crippen LogP contribution in [-0.4, -0.2) is 40.8 Å². The van der Waals surface area contributed by atoms with Gasteiger partial charge in [-0.2, -0.15) is 0 Å². The molecule has 21 heavy (non-hydrogen) atoms. The zero-order chi connectivity index (χ0) is 15.8. The van der Waals surface area contributed by atoms with E-state index in [0.29, 0.717) is 6.04 Å². The third-order valence-corrected chi connectivity index (χ3v) is 3.44. The number of aliphatic hydroxyl groups is 1. The van der Waals surface area contributed by atoms with E-state index in [4.69, 9.17) is 10.1 Å². The van der Waals surface area contributed by atoms with Crippen LogP contribution in [0.5, 0.6) is 0 Å². The predicted octanol–water partition coefficient (Wildman–Crippen LogP) is 2.77. The van der Waals surface area contributed by atoms with Crippen LogP contribution in [0.1, 0.15) is 51.9 Å². The van der Waals surface area contributed by atoms with E-state index in [1.807, 2.05) is 0 Å². The van der Waals surface area contributed by atoms with E-state index in [1.165, 1.54) is 0 Å². The average Bonchev–Trinajstić information content (AvgIpc) is 2.44. The maximum absolute atomic E-state index is 9.12. The highest BCUT2D eigenvalue weighted by molar-refractivity contribution is 5.59. The molecule has 0 aromatic carbocycles. The molecule has 0 saturated heterocycles. The van der Waals surface area contributed by atoms with Gasteiger partial charge in [-0.25, -0.2) is 9.97 Å². The third kappa shape index (κ3) is 4.84. The first-order chi connectivity index (χ1) is 10.0. The predicted molar refractivity (Wildman–Crippen MR) is 89.1 cm³/mol. The Morgan fingerprint density at radius 2 is 1.95 bits per heavy atom. The number of rotatable bonds is 9. The largest absolute Gasteiger partial charge is 0.396 e. The quantitative estimate of drug-likeness (QED) is 0.733. The summed E-state index contributed by atoms with van der Waals surface area (Å²) in [5, 5.41) is 12.5. The summed E-state index contributed by atoms with van der Waals surface area (Å²) >= 11 is 0. The summed E-state index contributed by atoms with van der Waals surface area (Å²) < 4.78 is 0. The van der Waals surface area contributed by atoms with Gasteiger partial charge in [-0.05, 0) is 40.5 Å². The molecule has 2 N–H and O–H groups in total. The number of anilines is 2. The van der Waals surface area contributed by atoms with E-state index in [-0.39, 0.29) is 6.61 Å². The average molecular weight is 294 g/mol. The summed E-state index contributed by atoms with van der Waals surface area (Å²) in [5.74, 6) is 2.82. The molecule has 1 heterocycles. The fourth-order valence-corrected chi connectivity index (χ4v) is 2.35. The van der Waals surface area contributed by atoms with Crippen LogP contribution in [0.15, 0.2) is 0 Å². The highest BCUT2D eigenvalue weighted by atomic mass is 16.3. The molecule has 0 bridgehead atoms. The molecule has 0 aliphatic rings. The van der Waals surface area contributed by atoms with Crippen molar-refractivity contribution in [2.24, 2.45) is 0 Å². The first-order valence-electron chi connectivity index (χ1n) is 8.03. The van der Waals surface area contributed by atoms with Gasteiger partial charge in [0.05, 0.1) is 0 Å². The second kappa shape index (κ2) is 8.82. The molecule has 5 heteroatoms. The zero-order valence-corrected chi connectivity index (χ0v) is 14.1. The molecule has 1 aromatic rings. The van der Waals surface area contributed by atoms with E-state index in [9.17, 15) is 0 Å². The molecule has 0 fully saturated rings. The van der Waals surface area contributed by atoms with Gasteiger partial charge in [-0.1, -0.05) is 6.92 Å². The Hall–Kier alpha value is -1.36. The van der Waals surface area contributed by atoms with E-state index in [1.54, 1.807) is 0 Å². The third-order valence-electron chi connectivity index (χ3n) is 3.44. The molecule has 0 atom stereocenters. The Morgan fingerprint density at radius 1 is 1.24 bits per heavy atom. The molecule has 5 nitrogen and oxygen atoms in total. The summed E-state index contributed by atoms with van der Waals surface area (Å²) in [5.41, 5.74) is 1.09. The number of hydrogen-bond acceptors (Lipinski definition) is 5. The highest BCUT2D eigenvalue weighted by Crippen LogP contribution is 2.25. The van der Waals surface area contributed by atoms with Crippen LogP contribution in [0.4, 0.5) is 11.6 Å². The van der Waals surface area contributed by atoms with Gasteiger partial charge in [0.25, 0.3) is 0 Å². The van der Waals surface area contributed by atoms with Crippen molar-refractivity contribution in [2.45, 2.75) is 59.9 Å². The van der Waals surface area contributed by atoms with Crippen LogP contribution in [-0.2, 0) is 6.42 Å². The van der Waals surface area contributed by atoms with Gasteiger partial charge in [0.1, 0.15) is 17.5 Å². The van der Waals surface area contributed by atoms with Crippen LogP contribution in [0.25, 0.3) is 0 Å². The molecule has 0 aliphatic carbocycles. The molecule has 0 saturated carbocycles. The number of aryl methyl sites for hydroxylation is 1. The van der Waals surface area contributed by atoms with E-state index < -0.39 is 0 Å². The van der Waals surface area contributed by atoms with Crippen molar-refractivity contribution in [3.8, 4) is 0 Å². The van der Waals surface area contributed by atoms with Gasteiger partial charge in [-0.15, -0.1) is 0 Å². The molecule has 0 unspecified atom stereocenters. The van der Waals surface area contributed by atoms with Gasteiger partial charge >= 0.3 is 0 Å². The van der Waals surface area contributed by atoms with Crippen molar-refractivity contribution in [1.29, 1.82) is 0 Å². The van der Waals surface area contributed by atoms with Crippen LogP contribution in [0.3, 0.4) is 0 Å². The lowest BCUT2D eigenvalue weighted by Gasteiger charge is -2.30. The van der Waals surface area contributed by atoms with Crippen molar-refractivity contribution in [2.75, 3.05) is 29.9 Å². The minimum atomic E-state index is 0.204. The lowest BCUT2D eigenvalue weighted by molar-refractivity contribution is 0.288. The van der Waals surface area contributed by atoms with Gasteiger partial charge < -0.3 is 15.3 Å². The van der Waals surface area contributed by atoms with E-state index in [2.05, 4.69) is 49.8 Å². The summed E-state index contributed by atoms with van der Waals surface area (Å²) in [4.78, 5) is 11.7. The number of nitrogens with zero attached hydrogens (tertiary/aromatic N) is 3. The Kier molecular flexibility index (Phi) is 7.43. The van der Waals surface area contributed by atoms with Crippen molar-refractivity contribution in [3.05, 3.63) is 11.4 Å². The lowest BCUT2D eigenvalue weighted by Crippen LogP contribution is -2.34. The maximum atomic E-state index is 9.12. The summed E-state index contributed by atoms with van der Waals surface area (Å²) in [7, 11) is 0. The standard InChI is InChI=1S/C16H30N4O/c1-6-9-14-18-15(17-7-2)13(5)16(19-14)20(12(3)4)10-8-11-21/h12,21H,6-11H2,1-5H3,(H,17,18,19). The van der Waals surface area contributed by atoms with Crippen molar-refractivity contribution in [1.82, 2.24) is 9.97 Å². The molecule has 1 rings (SSSR count). The second-order valence-corrected chi connectivity index (χ2v) is 5.58. The molecule has 1 aromatic heterocycles. The van der Waals surface area contributed by atoms with Crippen LogP contribution in [0.2, 0.25) is 0 Å². The Bertz CT molecular complexity index is 435. The number of hydrogen-bond donors (Lipinski definition) is 2. The van der Waals surface area contributed by atoms with Gasteiger partial charge in [0.15, 0.2) is 0 Å². The molecule has 0 aliphatic heterocycles.